The Bertz CT molecular complexity index is 1360. The molecule has 1 aliphatic rings. The van der Waals surface area contributed by atoms with Crippen LogP contribution in [0.15, 0.2) is 59.9 Å². The summed E-state index contributed by atoms with van der Waals surface area (Å²) >= 11 is 0. The number of imidazole rings is 1. The van der Waals surface area contributed by atoms with Crippen LogP contribution in [-0.2, 0) is 13.0 Å². The van der Waals surface area contributed by atoms with Crippen LogP contribution in [0.2, 0.25) is 0 Å². The highest BCUT2D eigenvalue weighted by atomic mass is 19.3. The molecule has 1 amide bonds. The van der Waals surface area contributed by atoms with Gasteiger partial charge in [0.2, 0.25) is 0 Å². The van der Waals surface area contributed by atoms with Gasteiger partial charge in [0.25, 0.3) is 5.89 Å². The zero-order chi connectivity index (χ0) is 23.5. The summed E-state index contributed by atoms with van der Waals surface area (Å²) in [7, 11) is 0. The maximum Gasteiger partial charge on any atom is 0.333 e. The summed E-state index contributed by atoms with van der Waals surface area (Å²) in [6.45, 7) is -1.91. The lowest BCUT2D eigenvalue weighted by molar-refractivity contribution is 0.0566. The number of halogens is 2. The molecule has 0 atom stereocenters. The number of nitrogens with one attached hydrogen (secondary N) is 1. The van der Waals surface area contributed by atoms with Gasteiger partial charge in [0.1, 0.15) is 6.33 Å². The van der Waals surface area contributed by atoms with E-state index in [2.05, 4.69) is 35.2 Å². The summed E-state index contributed by atoms with van der Waals surface area (Å²) in [5, 5.41) is 12.0. The van der Waals surface area contributed by atoms with Crippen LogP contribution in [0.3, 0.4) is 0 Å². The van der Waals surface area contributed by atoms with Crippen molar-refractivity contribution >= 4 is 16.8 Å². The molecule has 11 nitrogen and oxygen atoms in total. The van der Waals surface area contributed by atoms with Crippen LogP contribution in [0.25, 0.3) is 22.4 Å². The van der Waals surface area contributed by atoms with Gasteiger partial charge in [0.05, 0.1) is 41.5 Å². The zero-order valence-electron chi connectivity index (χ0n) is 17.5. The number of para-hydroxylation sites is 1. The number of benzene rings is 1. The Balaban J connectivity index is 0.000000200. The number of nitrogens with zero attached hydrogens (tertiary/aromatic N) is 8. The van der Waals surface area contributed by atoms with Crippen LogP contribution in [-0.4, -0.2) is 57.3 Å². The third-order valence-corrected chi connectivity index (χ3v) is 5.13. The molecule has 0 saturated heterocycles. The number of carbonyl (C=O) groups excluding carboxylic acids is 1. The monoisotopic (exact) mass is 465 g/mol. The quantitative estimate of drug-likeness (QED) is 0.430. The molecule has 0 fully saturated rings. The Kier molecular flexibility index (Phi) is 5.72. The fourth-order valence-electron chi connectivity index (χ4n) is 3.43. The topological polar surface area (TPSA) is 132 Å². The summed E-state index contributed by atoms with van der Waals surface area (Å²) in [4.78, 5) is 29.1. The van der Waals surface area contributed by atoms with Crippen LogP contribution in [0.5, 0.6) is 0 Å². The molecule has 1 aliphatic heterocycles. The average Bonchev–Trinajstić information content (AvgIpc) is 3.64. The highest BCUT2D eigenvalue weighted by molar-refractivity contribution is 5.89. The van der Waals surface area contributed by atoms with Crippen LogP contribution >= 0.6 is 0 Å². The van der Waals surface area contributed by atoms with E-state index in [1.165, 1.54) is 6.20 Å². The molecule has 5 aromatic rings. The lowest BCUT2D eigenvalue weighted by Crippen LogP contribution is -2.36. The predicted molar refractivity (Wildman–Crippen MR) is 113 cm³/mol. The van der Waals surface area contributed by atoms with E-state index in [0.29, 0.717) is 24.2 Å². The molecule has 1 aromatic carbocycles. The molecule has 172 valence electrons. The zero-order valence-corrected chi connectivity index (χ0v) is 17.5. The summed E-state index contributed by atoms with van der Waals surface area (Å²) in [5.74, 6) is -0.655. The first-order chi connectivity index (χ1) is 16.6. The molecule has 0 saturated carbocycles. The first-order valence-corrected chi connectivity index (χ1v) is 10.2. The number of amides is 1. The molecule has 5 heterocycles. The Labute approximate surface area is 190 Å². The van der Waals surface area contributed by atoms with Gasteiger partial charge in [-0.25, -0.2) is 19.6 Å². The van der Waals surface area contributed by atoms with Gasteiger partial charge in [-0.1, -0.05) is 18.2 Å². The van der Waals surface area contributed by atoms with Gasteiger partial charge < -0.3 is 14.3 Å². The second-order valence-electron chi connectivity index (χ2n) is 7.29. The van der Waals surface area contributed by atoms with Crippen molar-refractivity contribution < 1.29 is 18.0 Å². The molecule has 4 aromatic heterocycles. The van der Waals surface area contributed by atoms with Gasteiger partial charge in [-0.05, 0) is 6.07 Å². The fraction of sp³-hybridized carbons (Fsp3) is 0.190. The molecule has 0 aliphatic carbocycles. The van der Waals surface area contributed by atoms with Crippen molar-refractivity contribution in [1.29, 1.82) is 0 Å². The van der Waals surface area contributed by atoms with Gasteiger partial charge in [-0.3, -0.25) is 4.79 Å². The van der Waals surface area contributed by atoms with Crippen LogP contribution in [0.1, 0.15) is 28.6 Å². The van der Waals surface area contributed by atoms with Crippen molar-refractivity contribution in [2.75, 3.05) is 6.54 Å². The maximum atomic E-state index is 12.5. The predicted octanol–water partition coefficient (Wildman–Crippen LogP) is 2.88. The number of rotatable bonds is 3. The van der Waals surface area contributed by atoms with Crippen molar-refractivity contribution in [2.24, 2.45) is 0 Å². The van der Waals surface area contributed by atoms with Gasteiger partial charge in [-0.15, -0.1) is 10.2 Å². The Morgan fingerprint density at radius 3 is 2.85 bits per heavy atom. The van der Waals surface area contributed by atoms with Gasteiger partial charge in [0.15, 0.2) is 0 Å². The van der Waals surface area contributed by atoms with Gasteiger partial charge in [-0.2, -0.15) is 13.9 Å². The lowest BCUT2D eigenvalue weighted by atomic mass is 10.1. The largest absolute Gasteiger partial charge is 0.412 e. The van der Waals surface area contributed by atoms with E-state index in [1.807, 2.05) is 30.5 Å². The van der Waals surface area contributed by atoms with Crippen LogP contribution < -0.4 is 0 Å². The molecule has 0 unspecified atom stereocenters. The summed E-state index contributed by atoms with van der Waals surface area (Å²) < 4.78 is 30.8. The molecular weight excluding hydrogens is 448 g/mol. The highest BCUT2D eigenvalue weighted by Gasteiger charge is 2.27. The van der Waals surface area contributed by atoms with E-state index >= 15 is 0 Å². The first kappa shape index (κ1) is 21.3. The molecule has 0 bridgehead atoms. The highest BCUT2D eigenvalue weighted by Crippen LogP contribution is 2.22. The van der Waals surface area contributed by atoms with E-state index in [4.69, 9.17) is 4.42 Å². The minimum absolute atomic E-state index is 0.0375. The number of hydrogen-bond donors (Lipinski definition) is 1. The number of hydrogen-bond acceptors (Lipinski definition) is 8. The normalized spacial score (nSPS) is 13.0. The molecular formula is C21H17F2N9O2. The van der Waals surface area contributed by atoms with Crippen molar-refractivity contribution in [3.05, 3.63) is 72.8 Å². The molecule has 1 N–H and O–H groups in total. The fourth-order valence-corrected chi connectivity index (χ4v) is 3.43. The van der Waals surface area contributed by atoms with Gasteiger partial charge >= 0.3 is 18.3 Å². The summed E-state index contributed by atoms with van der Waals surface area (Å²) in [6, 6.07) is 7.91. The summed E-state index contributed by atoms with van der Waals surface area (Å²) in [6.07, 6.45) is 7.83. The molecule has 0 spiro atoms. The number of aromatic amines is 1. The average molecular weight is 465 g/mol. The van der Waals surface area contributed by atoms with Crippen LogP contribution in [0, 0.1) is 0 Å². The second kappa shape index (κ2) is 9.13. The Morgan fingerprint density at radius 1 is 1.15 bits per heavy atom. The minimum Gasteiger partial charge on any atom is -0.412 e. The molecule has 6 rings (SSSR count). The van der Waals surface area contributed by atoms with Crippen molar-refractivity contribution in [2.45, 2.75) is 19.5 Å². The Hall–Kier alpha value is -4.55. The van der Waals surface area contributed by atoms with Crippen molar-refractivity contribution in [3.8, 4) is 11.5 Å². The first-order valence-electron chi connectivity index (χ1n) is 10.2. The summed E-state index contributed by atoms with van der Waals surface area (Å²) in [5.41, 5.74) is 3.02. The van der Waals surface area contributed by atoms with Crippen molar-refractivity contribution in [1.82, 2.24) is 44.8 Å². The van der Waals surface area contributed by atoms with E-state index in [-0.39, 0.29) is 17.3 Å². The van der Waals surface area contributed by atoms with Gasteiger partial charge in [0, 0.05) is 30.7 Å². The lowest BCUT2D eigenvalue weighted by Gasteiger charge is -2.24. The maximum absolute atomic E-state index is 12.5. The number of H-pyrrole nitrogens is 1. The molecule has 13 heteroatoms. The SMILES string of the molecule is O=C(c1nnc(-c2cnn(C(F)F)c2)o1)N1CCc2nc[nH]c2C1.c1ccc2ncncc2c1. The molecule has 0 radical (unpaired) electrons. The van der Waals surface area contributed by atoms with E-state index in [9.17, 15) is 13.6 Å². The third-order valence-electron chi connectivity index (χ3n) is 5.13. The minimum atomic E-state index is -2.76. The van der Waals surface area contributed by atoms with Crippen LogP contribution in [0.4, 0.5) is 8.78 Å². The standard InChI is InChI=1S/C13H11F2N7O2.C8H6N2/c14-13(15)22-4-7(3-18-22)10-19-20-11(24-10)12(23)21-2-1-8-9(5-21)17-6-16-8;1-2-4-8-7(3-1)5-9-6-10-8/h3-4,6,13H,1-2,5H2,(H,16,17);1-6H. The number of alkyl halides is 2. The van der Waals surface area contributed by atoms with E-state index in [1.54, 1.807) is 17.6 Å². The third kappa shape index (κ3) is 4.35. The number of fused-ring (bicyclic) bond motifs is 2. The molecule has 34 heavy (non-hydrogen) atoms. The Morgan fingerprint density at radius 2 is 2.03 bits per heavy atom. The van der Waals surface area contributed by atoms with E-state index < -0.39 is 12.5 Å². The van der Waals surface area contributed by atoms with E-state index in [0.717, 1.165) is 28.5 Å². The smallest absolute Gasteiger partial charge is 0.333 e. The number of carbonyl (C=O) groups is 1. The number of aromatic nitrogens is 8. The van der Waals surface area contributed by atoms with Crippen molar-refractivity contribution in [3.63, 3.8) is 0 Å². The second-order valence-corrected chi connectivity index (χ2v) is 7.29.